The fourth-order valence-electron chi connectivity index (χ4n) is 3.54. The second-order valence-electron chi connectivity index (χ2n) is 7.12. The van der Waals surface area contributed by atoms with Crippen LogP contribution in [0.25, 0.3) is 11.4 Å². The molecule has 0 aliphatic heterocycles. The Labute approximate surface area is 165 Å². The van der Waals surface area contributed by atoms with Crippen LogP contribution in [-0.4, -0.2) is 19.6 Å². The van der Waals surface area contributed by atoms with Crippen LogP contribution in [0, 0.1) is 13.8 Å². The lowest BCUT2D eigenvalue weighted by Gasteiger charge is -2.17. The average molecular weight is 371 g/mol. The molecule has 0 fully saturated rings. The summed E-state index contributed by atoms with van der Waals surface area (Å²) in [6.45, 7) is 7.18. The molecule has 0 saturated heterocycles. The molecule has 1 atom stereocenters. The molecular weight excluding hydrogens is 346 g/mol. The van der Waals surface area contributed by atoms with Crippen molar-refractivity contribution in [1.82, 2.24) is 24.9 Å². The number of nitrogens with one attached hydrogen (secondary N) is 1. The van der Waals surface area contributed by atoms with Crippen LogP contribution in [0.5, 0.6) is 0 Å². The second kappa shape index (κ2) is 7.82. The van der Waals surface area contributed by atoms with Crippen molar-refractivity contribution in [2.75, 3.05) is 0 Å². The van der Waals surface area contributed by atoms with Crippen LogP contribution in [0.3, 0.4) is 0 Å². The number of para-hydroxylation sites is 1. The van der Waals surface area contributed by atoms with Gasteiger partial charge >= 0.3 is 0 Å². The van der Waals surface area contributed by atoms with Gasteiger partial charge in [-0.15, -0.1) is 0 Å². The monoisotopic (exact) mass is 371 g/mol. The first-order chi connectivity index (χ1) is 13.6. The third-order valence-corrected chi connectivity index (χ3v) is 5.10. The summed E-state index contributed by atoms with van der Waals surface area (Å²) in [5.74, 6) is 0. The van der Waals surface area contributed by atoms with Gasteiger partial charge in [-0.2, -0.15) is 10.2 Å². The average Bonchev–Trinajstić information content (AvgIpc) is 3.37. The van der Waals surface area contributed by atoms with Gasteiger partial charge in [-0.05, 0) is 50.6 Å². The van der Waals surface area contributed by atoms with Crippen LogP contribution >= 0.6 is 0 Å². The lowest BCUT2D eigenvalue weighted by molar-refractivity contribution is 0.569. The summed E-state index contributed by atoms with van der Waals surface area (Å²) in [7, 11) is 0. The first-order valence-electron chi connectivity index (χ1n) is 9.56. The minimum Gasteiger partial charge on any atom is -0.306 e. The molecule has 0 spiro atoms. The van der Waals surface area contributed by atoms with Crippen LogP contribution in [-0.2, 0) is 6.54 Å². The summed E-state index contributed by atoms with van der Waals surface area (Å²) in [5.41, 5.74) is 7.02. The predicted octanol–water partition coefficient (Wildman–Crippen LogP) is 4.53. The van der Waals surface area contributed by atoms with E-state index in [1.165, 1.54) is 16.7 Å². The van der Waals surface area contributed by atoms with E-state index in [4.69, 9.17) is 0 Å². The zero-order valence-electron chi connectivity index (χ0n) is 16.5. The van der Waals surface area contributed by atoms with Crippen LogP contribution in [0.2, 0.25) is 0 Å². The van der Waals surface area contributed by atoms with Gasteiger partial charge in [0.1, 0.15) is 0 Å². The molecule has 4 rings (SSSR count). The highest BCUT2D eigenvalue weighted by Gasteiger charge is 2.15. The van der Waals surface area contributed by atoms with E-state index in [9.17, 15) is 0 Å². The lowest BCUT2D eigenvalue weighted by Crippen LogP contribution is -2.20. The Kier molecular flexibility index (Phi) is 5.08. The highest BCUT2D eigenvalue weighted by molar-refractivity contribution is 5.43. The first kappa shape index (κ1) is 18.2. The van der Waals surface area contributed by atoms with Crippen molar-refractivity contribution in [3.05, 3.63) is 95.6 Å². The maximum absolute atomic E-state index is 4.60. The Bertz CT molecular complexity index is 1050. The first-order valence-corrected chi connectivity index (χ1v) is 9.56. The molecular formula is C23H25N5. The van der Waals surface area contributed by atoms with Crippen molar-refractivity contribution in [2.45, 2.75) is 33.4 Å². The number of rotatable bonds is 6. The molecule has 2 heterocycles. The van der Waals surface area contributed by atoms with Gasteiger partial charge in [0, 0.05) is 36.2 Å². The minimum absolute atomic E-state index is 0.184. The Hall–Kier alpha value is -3.18. The number of nitrogens with zero attached hydrogens (tertiary/aromatic N) is 4. The van der Waals surface area contributed by atoms with E-state index >= 15 is 0 Å². The van der Waals surface area contributed by atoms with Gasteiger partial charge in [-0.1, -0.05) is 35.9 Å². The lowest BCUT2D eigenvalue weighted by atomic mass is 10.1. The van der Waals surface area contributed by atoms with E-state index in [0.717, 1.165) is 23.6 Å². The summed E-state index contributed by atoms with van der Waals surface area (Å²) in [5, 5.41) is 12.6. The Morgan fingerprint density at radius 2 is 1.82 bits per heavy atom. The Morgan fingerprint density at radius 3 is 2.57 bits per heavy atom. The molecule has 0 unspecified atom stereocenters. The zero-order chi connectivity index (χ0) is 19.5. The maximum Gasteiger partial charge on any atom is 0.0690 e. The quantitative estimate of drug-likeness (QED) is 0.542. The third-order valence-electron chi connectivity index (χ3n) is 5.10. The van der Waals surface area contributed by atoms with Gasteiger partial charge in [0.05, 0.1) is 17.6 Å². The van der Waals surface area contributed by atoms with Crippen molar-refractivity contribution in [2.24, 2.45) is 0 Å². The van der Waals surface area contributed by atoms with E-state index in [1.807, 2.05) is 46.0 Å². The predicted molar refractivity (Wildman–Crippen MR) is 112 cm³/mol. The molecule has 0 aliphatic rings. The van der Waals surface area contributed by atoms with Crippen LogP contribution in [0.1, 0.15) is 35.3 Å². The van der Waals surface area contributed by atoms with Gasteiger partial charge in [0.2, 0.25) is 0 Å². The molecule has 28 heavy (non-hydrogen) atoms. The number of hydrogen-bond acceptors (Lipinski definition) is 3. The molecule has 5 heteroatoms. The molecule has 1 N–H and O–H groups in total. The van der Waals surface area contributed by atoms with Gasteiger partial charge < -0.3 is 5.32 Å². The van der Waals surface area contributed by atoms with Crippen molar-refractivity contribution >= 4 is 0 Å². The molecule has 0 radical (unpaired) electrons. The Morgan fingerprint density at radius 1 is 1.00 bits per heavy atom. The van der Waals surface area contributed by atoms with Crippen molar-refractivity contribution in [3.63, 3.8) is 0 Å². The van der Waals surface area contributed by atoms with Crippen LogP contribution in [0.4, 0.5) is 0 Å². The SMILES string of the molecule is Cc1ccc(-n2cccn2)c(CN[C@H](C)c2cnn(-c3ccccc3)c2C)c1. The molecule has 142 valence electrons. The maximum atomic E-state index is 4.60. The van der Waals surface area contributed by atoms with Crippen molar-refractivity contribution in [1.29, 1.82) is 0 Å². The third kappa shape index (κ3) is 3.62. The number of aryl methyl sites for hydroxylation is 1. The molecule has 5 nitrogen and oxygen atoms in total. The van der Waals surface area contributed by atoms with Crippen LogP contribution < -0.4 is 5.32 Å². The molecule has 2 aromatic carbocycles. The van der Waals surface area contributed by atoms with Gasteiger partial charge in [0.15, 0.2) is 0 Å². The van der Waals surface area contributed by atoms with E-state index in [0.29, 0.717) is 0 Å². The summed E-state index contributed by atoms with van der Waals surface area (Å²) in [4.78, 5) is 0. The zero-order valence-corrected chi connectivity index (χ0v) is 16.5. The number of hydrogen-bond donors (Lipinski definition) is 1. The topological polar surface area (TPSA) is 47.7 Å². The number of aromatic nitrogens is 4. The molecule has 0 saturated carbocycles. The standard InChI is InChI=1S/C23H25N5/c1-17-10-11-23(27-13-7-12-25-27)20(14-17)15-24-18(2)22-16-26-28(19(22)3)21-8-5-4-6-9-21/h4-14,16,18,24H,15H2,1-3H3/t18-/m1/s1. The smallest absolute Gasteiger partial charge is 0.0690 e. The highest BCUT2D eigenvalue weighted by Crippen LogP contribution is 2.22. The van der Waals surface area contributed by atoms with Gasteiger partial charge in [-0.3, -0.25) is 0 Å². The van der Waals surface area contributed by atoms with E-state index in [1.54, 1.807) is 6.20 Å². The summed E-state index contributed by atoms with van der Waals surface area (Å²) in [6.07, 6.45) is 5.75. The summed E-state index contributed by atoms with van der Waals surface area (Å²) in [6, 6.07) is 18.8. The van der Waals surface area contributed by atoms with Gasteiger partial charge in [0.25, 0.3) is 0 Å². The molecule has 0 amide bonds. The molecule has 2 aromatic heterocycles. The minimum atomic E-state index is 0.184. The van der Waals surface area contributed by atoms with E-state index in [-0.39, 0.29) is 6.04 Å². The highest BCUT2D eigenvalue weighted by atomic mass is 15.3. The van der Waals surface area contributed by atoms with Crippen LogP contribution in [0.15, 0.2) is 73.2 Å². The fourth-order valence-corrected chi connectivity index (χ4v) is 3.54. The number of benzene rings is 2. The normalized spacial score (nSPS) is 12.2. The molecule has 0 aliphatic carbocycles. The molecule has 0 bridgehead atoms. The van der Waals surface area contributed by atoms with Crippen molar-refractivity contribution in [3.8, 4) is 11.4 Å². The summed E-state index contributed by atoms with van der Waals surface area (Å²) >= 11 is 0. The van der Waals surface area contributed by atoms with Gasteiger partial charge in [-0.25, -0.2) is 9.36 Å². The Balaban J connectivity index is 1.54. The second-order valence-corrected chi connectivity index (χ2v) is 7.12. The fraction of sp³-hybridized carbons (Fsp3) is 0.217. The van der Waals surface area contributed by atoms with Crippen molar-refractivity contribution < 1.29 is 0 Å². The summed E-state index contributed by atoms with van der Waals surface area (Å²) < 4.78 is 3.91. The molecule has 4 aromatic rings. The van der Waals surface area contributed by atoms with E-state index < -0.39 is 0 Å². The largest absolute Gasteiger partial charge is 0.306 e. The van der Waals surface area contributed by atoms with E-state index in [2.05, 4.69) is 66.6 Å².